The van der Waals surface area contributed by atoms with Crippen LogP contribution >= 0.6 is 27.3 Å². The zero-order valence-electron chi connectivity index (χ0n) is 9.86. The Morgan fingerprint density at radius 2 is 2.00 bits per heavy atom. The molecule has 0 radical (unpaired) electrons. The number of carbonyl (C=O) groups excluding carboxylic acids is 1. The molecule has 1 N–H and O–H groups in total. The van der Waals surface area contributed by atoms with Crippen LogP contribution in [0.4, 0.5) is 5.69 Å². The normalized spacial score (nSPS) is 10.3. The van der Waals surface area contributed by atoms with Gasteiger partial charge in [-0.05, 0) is 35.6 Å². The maximum atomic E-state index is 11.8. The quantitative estimate of drug-likeness (QED) is 0.831. The zero-order chi connectivity index (χ0) is 12.8. The maximum Gasteiger partial charge on any atom is 0.229 e. The molecule has 94 valence electrons. The van der Waals surface area contributed by atoms with Crippen molar-refractivity contribution in [2.24, 2.45) is 0 Å². The summed E-state index contributed by atoms with van der Waals surface area (Å²) in [6.45, 7) is 0. The molecular weight excluding hydrogens is 310 g/mol. The number of hydrogen-bond donors (Lipinski definition) is 1. The van der Waals surface area contributed by atoms with Crippen LogP contribution in [0.1, 0.15) is 10.4 Å². The molecule has 0 unspecified atom stereocenters. The van der Waals surface area contributed by atoms with Gasteiger partial charge in [0.05, 0.1) is 6.42 Å². The van der Waals surface area contributed by atoms with Crippen molar-refractivity contribution in [2.75, 3.05) is 10.6 Å². The van der Waals surface area contributed by atoms with E-state index in [1.165, 1.54) is 5.56 Å². The third kappa shape index (κ3) is 3.96. The number of rotatable bonds is 5. The standard InChI is InChI=1S/C14H14BrNOS/c15-8-7-11-3-5-12(6-4-11)16-14(17)10-13-2-1-9-18-13/h1-6,9H,7-8,10H2,(H,16,17). The maximum absolute atomic E-state index is 11.8. The van der Waals surface area contributed by atoms with Gasteiger partial charge in [-0.2, -0.15) is 0 Å². The van der Waals surface area contributed by atoms with Crippen molar-refractivity contribution in [1.29, 1.82) is 0 Å². The number of hydrogen-bond acceptors (Lipinski definition) is 2. The number of benzene rings is 1. The van der Waals surface area contributed by atoms with Gasteiger partial charge in [-0.25, -0.2) is 0 Å². The van der Waals surface area contributed by atoms with E-state index < -0.39 is 0 Å². The van der Waals surface area contributed by atoms with Crippen LogP contribution in [0.25, 0.3) is 0 Å². The largest absolute Gasteiger partial charge is 0.326 e. The second-order valence-corrected chi connectivity index (χ2v) is 5.77. The molecule has 1 heterocycles. The minimum atomic E-state index is 0.0330. The van der Waals surface area contributed by atoms with Crippen molar-refractivity contribution in [3.05, 3.63) is 52.2 Å². The van der Waals surface area contributed by atoms with E-state index in [0.29, 0.717) is 6.42 Å². The van der Waals surface area contributed by atoms with Crippen LogP contribution in [0.2, 0.25) is 0 Å². The first-order valence-electron chi connectivity index (χ1n) is 5.75. The fourth-order valence-electron chi connectivity index (χ4n) is 1.64. The lowest BCUT2D eigenvalue weighted by Gasteiger charge is -2.05. The Morgan fingerprint density at radius 3 is 2.61 bits per heavy atom. The first-order chi connectivity index (χ1) is 8.78. The number of amides is 1. The number of halogens is 1. The van der Waals surface area contributed by atoms with Crippen LogP contribution in [0, 0.1) is 0 Å². The molecule has 2 nitrogen and oxygen atoms in total. The minimum absolute atomic E-state index is 0.0330. The van der Waals surface area contributed by atoms with Crippen LogP contribution in [-0.2, 0) is 17.6 Å². The van der Waals surface area contributed by atoms with Gasteiger partial charge in [0.15, 0.2) is 0 Å². The first-order valence-corrected chi connectivity index (χ1v) is 7.75. The van der Waals surface area contributed by atoms with Crippen LogP contribution in [0.15, 0.2) is 41.8 Å². The zero-order valence-corrected chi connectivity index (χ0v) is 12.3. The molecule has 1 aromatic carbocycles. The van der Waals surface area contributed by atoms with Gasteiger partial charge in [0, 0.05) is 15.9 Å². The van der Waals surface area contributed by atoms with Gasteiger partial charge in [0.25, 0.3) is 0 Å². The third-order valence-corrected chi connectivity index (χ3v) is 3.81. The summed E-state index contributed by atoms with van der Waals surface area (Å²) in [4.78, 5) is 12.9. The summed E-state index contributed by atoms with van der Waals surface area (Å²) in [7, 11) is 0. The molecule has 0 saturated heterocycles. The van der Waals surface area contributed by atoms with E-state index in [-0.39, 0.29) is 5.91 Å². The number of carbonyl (C=O) groups is 1. The summed E-state index contributed by atoms with van der Waals surface area (Å²) in [6.07, 6.45) is 1.45. The van der Waals surface area contributed by atoms with Crippen molar-refractivity contribution < 1.29 is 4.79 Å². The SMILES string of the molecule is O=C(Cc1cccs1)Nc1ccc(CCBr)cc1. The van der Waals surface area contributed by atoms with Crippen LogP contribution in [-0.4, -0.2) is 11.2 Å². The molecule has 1 amide bonds. The Labute approximate surface area is 119 Å². The molecule has 0 bridgehead atoms. The first kappa shape index (κ1) is 13.3. The average Bonchev–Trinajstić information content (AvgIpc) is 2.84. The molecule has 0 aliphatic rings. The Kier molecular flexibility index (Phi) is 4.96. The Balaban J connectivity index is 1.90. The van der Waals surface area contributed by atoms with Crippen molar-refractivity contribution in [1.82, 2.24) is 0 Å². The van der Waals surface area contributed by atoms with E-state index in [2.05, 4.69) is 21.2 Å². The lowest BCUT2D eigenvalue weighted by atomic mass is 10.1. The second kappa shape index (κ2) is 6.71. The Hall–Kier alpha value is -1.13. The summed E-state index contributed by atoms with van der Waals surface area (Å²) in [5.74, 6) is 0.0330. The van der Waals surface area contributed by atoms with E-state index in [1.54, 1.807) is 11.3 Å². The van der Waals surface area contributed by atoms with Gasteiger partial charge in [-0.15, -0.1) is 11.3 Å². The summed E-state index contributed by atoms with van der Waals surface area (Å²) in [5, 5.41) is 5.84. The highest BCUT2D eigenvalue weighted by Crippen LogP contribution is 2.13. The highest BCUT2D eigenvalue weighted by atomic mass is 79.9. The fraction of sp³-hybridized carbons (Fsp3) is 0.214. The summed E-state index contributed by atoms with van der Waals surface area (Å²) >= 11 is 5.01. The van der Waals surface area contributed by atoms with Crippen molar-refractivity contribution >= 4 is 38.9 Å². The van der Waals surface area contributed by atoms with Crippen LogP contribution < -0.4 is 5.32 Å². The highest BCUT2D eigenvalue weighted by Gasteiger charge is 2.04. The molecule has 0 aliphatic heterocycles. The van der Waals surface area contributed by atoms with Gasteiger partial charge in [-0.1, -0.05) is 34.1 Å². The molecular formula is C14H14BrNOS. The van der Waals surface area contributed by atoms with E-state index in [0.717, 1.165) is 22.3 Å². The van der Waals surface area contributed by atoms with Gasteiger partial charge in [0.1, 0.15) is 0 Å². The number of thiophene rings is 1. The van der Waals surface area contributed by atoms with Crippen molar-refractivity contribution in [2.45, 2.75) is 12.8 Å². The Bertz CT molecular complexity index is 493. The summed E-state index contributed by atoms with van der Waals surface area (Å²) in [6, 6.07) is 11.9. The molecule has 0 saturated carbocycles. The molecule has 2 rings (SSSR count). The predicted molar refractivity (Wildman–Crippen MR) is 80.6 cm³/mol. The van der Waals surface area contributed by atoms with Gasteiger partial charge >= 0.3 is 0 Å². The van der Waals surface area contributed by atoms with Crippen molar-refractivity contribution in [3.8, 4) is 0 Å². The number of anilines is 1. The fourth-order valence-corrected chi connectivity index (χ4v) is 2.80. The number of alkyl halides is 1. The molecule has 0 aliphatic carbocycles. The van der Waals surface area contributed by atoms with Crippen LogP contribution in [0.3, 0.4) is 0 Å². The van der Waals surface area contributed by atoms with E-state index in [1.807, 2.05) is 41.8 Å². The molecule has 4 heteroatoms. The summed E-state index contributed by atoms with van der Waals surface area (Å²) in [5.41, 5.74) is 2.12. The van der Waals surface area contributed by atoms with Gasteiger partial charge < -0.3 is 5.32 Å². The third-order valence-electron chi connectivity index (χ3n) is 2.54. The van der Waals surface area contributed by atoms with Gasteiger partial charge in [-0.3, -0.25) is 4.79 Å². The topological polar surface area (TPSA) is 29.1 Å². The lowest BCUT2D eigenvalue weighted by molar-refractivity contribution is -0.115. The smallest absolute Gasteiger partial charge is 0.229 e. The second-order valence-electron chi connectivity index (χ2n) is 3.94. The van der Waals surface area contributed by atoms with E-state index in [4.69, 9.17) is 0 Å². The molecule has 0 atom stereocenters. The predicted octanol–water partition coefficient (Wildman–Crippen LogP) is 3.87. The average molecular weight is 324 g/mol. The monoisotopic (exact) mass is 323 g/mol. The minimum Gasteiger partial charge on any atom is -0.326 e. The van der Waals surface area contributed by atoms with E-state index in [9.17, 15) is 4.79 Å². The van der Waals surface area contributed by atoms with Crippen molar-refractivity contribution in [3.63, 3.8) is 0 Å². The molecule has 2 aromatic rings. The molecule has 1 aromatic heterocycles. The molecule has 0 fully saturated rings. The van der Waals surface area contributed by atoms with E-state index >= 15 is 0 Å². The lowest BCUT2D eigenvalue weighted by Crippen LogP contribution is -2.13. The summed E-state index contributed by atoms with van der Waals surface area (Å²) < 4.78 is 0. The highest BCUT2D eigenvalue weighted by molar-refractivity contribution is 9.09. The Morgan fingerprint density at radius 1 is 1.22 bits per heavy atom. The molecule has 0 spiro atoms. The number of nitrogens with one attached hydrogen (secondary N) is 1. The van der Waals surface area contributed by atoms with Crippen LogP contribution in [0.5, 0.6) is 0 Å². The number of aryl methyl sites for hydroxylation is 1. The molecule has 18 heavy (non-hydrogen) atoms. The van der Waals surface area contributed by atoms with Gasteiger partial charge in [0.2, 0.25) is 5.91 Å².